The van der Waals surface area contributed by atoms with Crippen molar-refractivity contribution in [2.75, 3.05) is 0 Å². The van der Waals surface area contributed by atoms with Crippen molar-refractivity contribution in [3.63, 3.8) is 0 Å². The fourth-order valence-corrected chi connectivity index (χ4v) is 5.87. The zero-order chi connectivity index (χ0) is 24.3. The van der Waals surface area contributed by atoms with Gasteiger partial charge in [0.05, 0.1) is 0 Å². The van der Waals surface area contributed by atoms with Crippen molar-refractivity contribution in [2.45, 2.75) is 0 Å². The molecule has 1 heteroatoms. The predicted molar refractivity (Wildman–Crippen MR) is 157 cm³/mol. The van der Waals surface area contributed by atoms with Crippen LogP contribution in [0, 0.1) is 0 Å². The highest BCUT2D eigenvalue weighted by Crippen LogP contribution is 2.38. The van der Waals surface area contributed by atoms with Crippen LogP contribution in [-0.4, -0.2) is 0 Å². The molecule has 0 atom stereocenters. The smallest absolute Gasteiger partial charge is 0.136 e. The Labute approximate surface area is 214 Å². The summed E-state index contributed by atoms with van der Waals surface area (Å²) in [6.45, 7) is 0. The second-order valence-electron chi connectivity index (χ2n) is 9.74. The number of fused-ring (bicyclic) bond motifs is 9. The van der Waals surface area contributed by atoms with Gasteiger partial charge in [0.1, 0.15) is 11.2 Å². The van der Waals surface area contributed by atoms with E-state index in [1.54, 1.807) is 0 Å². The van der Waals surface area contributed by atoms with Crippen LogP contribution < -0.4 is 0 Å². The second-order valence-corrected chi connectivity index (χ2v) is 9.74. The Morgan fingerprint density at radius 2 is 0.730 bits per heavy atom. The van der Waals surface area contributed by atoms with Gasteiger partial charge in [-0.3, -0.25) is 0 Å². The van der Waals surface area contributed by atoms with Crippen LogP contribution in [0.4, 0.5) is 0 Å². The molecule has 0 N–H and O–H groups in total. The van der Waals surface area contributed by atoms with E-state index in [4.69, 9.17) is 4.42 Å². The van der Waals surface area contributed by atoms with Crippen molar-refractivity contribution in [2.24, 2.45) is 0 Å². The van der Waals surface area contributed by atoms with Crippen molar-refractivity contribution in [1.82, 2.24) is 0 Å². The summed E-state index contributed by atoms with van der Waals surface area (Å²) in [5, 5.41) is 10.1. The molecule has 1 heterocycles. The van der Waals surface area contributed by atoms with Crippen LogP contribution in [0.25, 0.3) is 76.5 Å². The highest BCUT2D eigenvalue weighted by atomic mass is 16.3. The zero-order valence-corrected chi connectivity index (χ0v) is 20.1. The van der Waals surface area contributed by atoms with Gasteiger partial charge in [-0.05, 0) is 84.9 Å². The minimum absolute atomic E-state index is 0.924. The Balaban J connectivity index is 1.30. The number of furan rings is 1. The van der Waals surface area contributed by atoms with Gasteiger partial charge in [0, 0.05) is 10.8 Å². The summed E-state index contributed by atoms with van der Waals surface area (Å²) in [5.41, 5.74) is 6.63. The molecule has 0 amide bonds. The lowest BCUT2D eigenvalue weighted by Gasteiger charge is -2.12. The minimum atomic E-state index is 0.924. The molecule has 1 nitrogen and oxygen atoms in total. The van der Waals surface area contributed by atoms with Gasteiger partial charge in [-0.2, -0.15) is 0 Å². The fraction of sp³-hybridized carbons (Fsp3) is 0. The van der Waals surface area contributed by atoms with E-state index in [1.165, 1.54) is 49.0 Å². The number of para-hydroxylation sites is 1. The number of hydrogen-bond donors (Lipinski definition) is 0. The van der Waals surface area contributed by atoms with E-state index in [2.05, 4.69) is 121 Å². The van der Waals surface area contributed by atoms with Gasteiger partial charge < -0.3 is 4.42 Å². The Bertz CT molecular complexity index is 2110. The van der Waals surface area contributed by atoms with E-state index in [-0.39, 0.29) is 0 Å². The molecule has 0 spiro atoms. The summed E-state index contributed by atoms with van der Waals surface area (Å²) in [7, 11) is 0. The molecule has 0 fully saturated rings. The largest absolute Gasteiger partial charge is 0.456 e. The monoisotopic (exact) mass is 470 g/mol. The van der Waals surface area contributed by atoms with Gasteiger partial charge in [-0.15, -0.1) is 0 Å². The molecule has 0 saturated carbocycles. The molecule has 0 saturated heterocycles. The van der Waals surface area contributed by atoms with Crippen LogP contribution in [-0.2, 0) is 0 Å². The van der Waals surface area contributed by atoms with Crippen LogP contribution in [0.5, 0.6) is 0 Å². The van der Waals surface area contributed by atoms with Gasteiger partial charge in [-0.25, -0.2) is 0 Å². The molecular formula is C36H22O. The molecule has 7 aromatic carbocycles. The topological polar surface area (TPSA) is 13.1 Å². The average molecular weight is 471 g/mol. The van der Waals surface area contributed by atoms with Crippen LogP contribution in [0.1, 0.15) is 0 Å². The average Bonchev–Trinajstić information content (AvgIpc) is 3.35. The van der Waals surface area contributed by atoms with Crippen molar-refractivity contribution >= 4 is 54.3 Å². The first-order valence-electron chi connectivity index (χ1n) is 12.7. The molecule has 0 bridgehead atoms. The lowest BCUT2D eigenvalue weighted by atomic mass is 9.91. The standard InChI is InChI=1S/C36H22O/c1-2-12-29-27(10-1)28-11-3-4-13-30(28)34-21-25(16-18-31(29)34)23-8-7-9-24(20-23)26-17-19-33-32-14-5-6-15-35(32)37-36(33)22-26/h1-22H. The first-order chi connectivity index (χ1) is 18.3. The maximum absolute atomic E-state index is 6.15. The van der Waals surface area contributed by atoms with E-state index in [9.17, 15) is 0 Å². The molecule has 0 aliphatic carbocycles. The highest BCUT2D eigenvalue weighted by Gasteiger charge is 2.11. The summed E-state index contributed by atoms with van der Waals surface area (Å²) in [6, 6.07) is 47.9. The first kappa shape index (κ1) is 20.3. The molecule has 1 aromatic heterocycles. The summed E-state index contributed by atoms with van der Waals surface area (Å²) in [5.74, 6) is 0. The fourth-order valence-electron chi connectivity index (χ4n) is 5.87. The second kappa shape index (κ2) is 7.81. The molecule has 172 valence electrons. The van der Waals surface area contributed by atoms with Crippen LogP contribution in [0.2, 0.25) is 0 Å². The van der Waals surface area contributed by atoms with E-state index in [1.807, 2.05) is 12.1 Å². The van der Waals surface area contributed by atoms with E-state index >= 15 is 0 Å². The molecule has 0 aliphatic heterocycles. The summed E-state index contributed by atoms with van der Waals surface area (Å²) in [6.07, 6.45) is 0. The van der Waals surface area contributed by atoms with Crippen LogP contribution in [0.3, 0.4) is 0 Å². The maximum Gasteiger partial charge on any atom is 0.136 e. The molecule has 0 unspecified atom stereocenters. The lowest BCUT2D eigenvalue weighted by Crippen LogP contribution is -1.85. The third-order valence-electron chi connectivity index (χ3n) is 7.65. The number of rotatable bonds is 2. The normalized spacial score (nSPS) is 11.8. The Kier molecular flexibility index (Phi) is 4.29. The highest BCUT2D eigenvalue weighted by molar-refractivity contribution is 6.25. The number of benzene rings is 7. The van der Waals surface area contributed by atoms with Crippen LogP contribution >= 0.6 is 0 Å². The summed E-state index contributed by atoms with van der Waals surface area (Å²) < 4.78 is 6.15. The minimum Gasteiger partial charge on any atom is -0.456 e. The first-order valence-corrected chi connectivity index (χ1v) is 12.7. The Hall–Kier alpha value is -4.88. The predicted octanol–water partition coefficient (Wildman–Crippen LogP) is 10.4. The quantitative estimate of drug-likeness (QED) is 0.229. The molecule has 0 aliphatic rings. The Morgan fingerprint density at radius 1 is 0.270 bits per heavy atom. The Morgan fingerprint density at radius 3 is 1.41 bits per heavy atom. The van der Waals surface area contributed by atoms with Gasteiger partial charge >= 0.3 is 0 Å². The van der Waals surface area contributed by atoms with Crippen molar-refractivity contribution in [3.8, 4) is 22.3 Å². The lowest BCUT2D eigenvalue weighted by molar-refractivity contribution is 0.669. The van der Waals surface area contributed by atoms with E-state index in [0.717, 1.165) is 27.5 Å². The maximum atomic E-state index is 6.15. The molecular weight excluding hydrogens is 448 g/mol. The van der Waals surface area contributed by atoms with E-state index in [0.29, 0.717) is 0 Å². The van der Waals surface area contributed by atoms with E-state index < -0.39 is 0 Å². The van der Waals surface area contributed by atoms with Crippen molar-refractivity contribution in [3.05, 3.63) is 133 Å². The SMILES string of the molecule is c1cc(-c2ccc3c(c2)oc2ccccc23)cc(-c2ccc3c4ccccc4c4ccccc4c3c2)c1. The van der Waals surface area contributed by atoms with Gasteiger partial charge in [0.15, 0.2) is 0 Å². The summed E-state index contributed by atoms with van der Waals surface area (Å²) >= 11 is 0. The molecule has 8 aromatic rings. The summed E-state index contributed by atoms with van der Waals surface area (Å²) in [4.78, 5) is 0. The van der Waals surface area contributed by atoms with Gasteiger partial charge in [-0.1, -0.05) is 103 Å². The molecule has 0 radical (unpaired) electrons. The van der Waals surface area contributed by atoms with Crippen LogP contribution in [0.15, 0.2) is 138 Å². The molecule has 37 heavy (non-hydrogen) atoms. The van der Waals surface area contributed by atoms with Crippen molar-refractivity contribution in [1.29, 1.82) is 0 Å². The third-order valence-corrected chi connectivity index (χ3v) is 7.65. The van der Waals surface area contributed by atoms with Gasteiger partial charge in [0.2, 0.25) is 0 Å². The third kappa shape index (κ3) is 3.11. The zero-order valence-electron chi connectivity index (χ0n) is 20.1. The number of hydrogen-bond acceptors (Lipinski definition) is 1. The van der Waals surface area contributed by atoms with Crippen molar-refractivity contribution < 1.29 is 4.42 Å². The molecule has 8 rings (SSSR count). The van der Waals surface area contributed by atoms with Gasteiger partial charge in [0.25, 0.3) is 0 Å².